The number of imide groups is 1. The first kappa shape index (κ1) is 18.1. The van der Waals surface area contributed by atoms with Crippen LogP contribution in [0.2, 0.25) is 0 Å². The number of amides is 2. The summed E-state index contributed by atoms with van der Waals surface area (Å²) in [5, 5.41) is -0.633. The van der Waals surface area contributed by atoms with E-state index < -0.39 is 35.4 Å². The summed E-state index contributed by atoms with van der Waals surface area (Å²) in [6.45, 7) is 1.22. The Kier molecular flexibility index (Phi) is 5.33. The van der Waals surface area contributed by atoms with Crippen LogP contribution in [0.25, 0.3) is 6.08 Å². The number of rotatable bonds is 4. The monoisotopic (exact) mass is 359 g/mol. The number of benzene rings is 1. The van der Waals surface area contributed by atoms with Crippen LogP contribution in [0.5, 0.6) is 0 Å². The van der Waals surface area contributed by atoms with Crippen molar-refractivity contribution in [2.45, 2.75) is 13.1 Å². The van der Waals surface area contributed by atoms with Gasteiger partial charge in [0.1, 0.15) is 6.54 Å². The summed E-state index contributed by atoms with van der Waals surface area (Å²) < 4.78 is 42.2. The van der Waals surface area contributed by atoms with Crippen molar-refractivity contribution in [2.75, 3.05) is 13.2 Å². The van der Waals surface area contributed by atoms with Crippen molar-refractivity contribution in [3.63, 3.8) is 0 Å². The molecule has 5 nitrogen and oxygen atoms in total. The van der Waals surface area contributed by atoms with Gasteiger partial charge in [0.25, 0.3) is 11.1 Å². The van der Waals surface area contributed by atoms with E-state index in [1.54, 1.807) is 6.92 Å². The second-order valence-electron chi connectivity index (χ2n) is 4.69. The van der Waals surface area contributed by atoms with E-state index in [-0.39, 0.29) is 11.5 Å². The van der Waals surface area contributed by atoms with Crippen LogP contribution >= 0.6 is 11.8 Å². The Bertz CT molecular complexity index is 698. The standard InChI is InChI=1S/C15H12F3NO4S/c1-2-23-12(20)8-19-13(21)11(24-14(19)22)7-9-3-5-10(6-4-9)15(16,17)18/h3-7H,2,8H2,1H3/b11-7-. The molecule has 1 fully saturated rings. The van der Waals surface area contributed by atoms with Gasteiger partial charge in [-0.05, 0) is 42.5 Å². The Morgan fingerprint density at radius 1 is 1.25 bits per heavy atom. The van der Waals surface area contributed by atoms with Gasteiger partial charge in [-0.1, -0.05) is 12.1 Å². The summed E-state index contributed by atoms with van der Waals surface area (Å²) >= 11 is 0.615. The number of alkyl halides is 3. The van der Waals surface area contributed by atoms with Crippen molar-refractivity contribution in [3.8, 4) is 0 Å². The van der Waals surface area contributed by atoms with Crippen LogP contribution in [-0.2, 0) is 20.5 Å². The third-order valence-electron chi connectivity index (χ3n) is 3.00. The maximum absolute atomic E-state index is 12.5. The van der Waals surface area contributed by atoms with Gasteiger partial charge in [-0.15, -0.1) is 0 Å². The highest BCUT2D eigenvalue weighted by atomic mass is 32.2. The number of carbonyl (C=O) groups excluding carboxylic acids is 3. The molecular weight excluding hydrogens is 347 g/mol. The van der Waals surface area contributed by atoms with Crippen molar-refractivity contribution in [2.24, 2.45) is 0 Å². The number of carbonyl (C=O) groups is 3. The lowest BCUT2D eigenvalue weighted by Crippen LogP contribution is -2.34. The fourth-order valence-electron chi connectivity index (χ4n) is 1.89. The third-order valence-corrected chi connectivity index (χ3v) is 3.91. The molecule has 0 aliphatic carbocycles. The minimum Gasteiger partial charge on any atom is -0.465 e. The lowest BCUT2D eigenvalue weighted by molar-refractivity contribution is -0.146. The number of nitrogens with zero attached hydrogens (tertiary/aromatic N) is 1. The number of ether oxygens (including phenoxy) is 1. The van der Waals surface area contributed by atoms with Crippen LogP contribution in [0.1, 0.15) is 18.1 Å². The Morgan fingerprint density at radius 3 is 2.42 bits per heavy atom. The predicted molar refractivity (Wildman–Crippen MR) is 80.8 cm³/mol. The first-order valence-corrected chi connectivity index (χ1v) is 7.62. The van der Waals surface area contributed by atoms with E-state index in [2.05, 4.69) is 4.74 Å². The quantitative estimate of drug-likeness (QED) is 0.610. The first-order valence-electron chi connectivity index (χ1n) is 6.80. The summed E-state index contributed by atoms with van der Waals surface area (Å²) in [6.07, 6.45) is -3.15. The minimum absolute atomic E-state index is 0.0315. The van der Waals surface area contributed by atoms with Crippen LogP contribution in [0.15, 0.2) is 29.2 Å². The van der Waals surface area contributed by atoms with Crippen LogP contribution in [0.3, 0.4) is 0 Å². The zero-order valence-corrected chi connectivity index (χ0v) is 13.2. The molecule has 1 saturated heterocycles. The molecule has 1 heterocycles. The first-order chi connectivity index (χ1) is 11.2. The fourth-order valence-corrected chi connectivity index (χ4v) is 2.73. The summed E-state index contributed by atoms with van der Waals surface area (Å²) in [7, 11) is 0. The number of hydrogen-bond donors (Lipinski definition) is 0. The molecule has 0 saturated carbocycles. The van der Waals surface area contributed by atoms with Gasteiger partial charge in [0.05, 0.1) is 17.1 Å². The molecule has 2 rings (SSSR count). The zero-order chi connectivity index (χ0) is 17.9. The van der Waals surface area contributed by atoms with E-state index in [4.69, 9.17) is 0 Å². The van der Waals surface area contributed by atoms with Gasteiger partial charge < -0.3 is 4.74 Å². The fraction of sp³-hybridized carbons (Fsp3) is 0.267. The maximum atomic E-state index is 12.5. The number of hydrogen-bond acceptors (Lipinski definition) is 5. The van der Waals surface area contributed by atoms with E-state index in [9.17, 15) is 27.6 Å². The minimum atomic E-state index is -4.45. The van der Waals surface area contributed by atoms with Gasteiger partial charge in [0, 0.05) is 0 Å². The summed E-state index contributed by atoms with van der Waals surface area (Å²) in [6, 6.07) is 4.16. The molecule has 1 aromatic rings. The van der Waals surface area contributed by atoms with Crippen molar-refractivity contribution in [1.82, 2.24) is 4.90 Å². The van der Waals surface area contributed by atoms with Gasteiger partial charge in [-0.2, -0.15) is 13.2 Å². The smallest absolute Gasteiger partial charge is 0.416 e. The molecule has 9 heteroatoms. The summed E-state index contributed by atoms with van der Waals surface area (Å²) in [5.74, 6) is -1.39. The average molecular weight is 359 g/mol. The number of halogens is 3. The van der Waals surface area contributed by atoms with Crippen LogP contribution < -0.4 is 0 Å². The molecule has 0 atom stereocenters. The average Bonchev–Trinajstić information content (AvgIpc) is 2.75. The molecule has 0 radical (unpaired) electrons. The van der Waals surface area contributed by atoms with Gasteiger partial charge in [-0.3, -0.25) is 19.3 Å². The Labute approximate surface area is 139 Å². The lowest BCUT2D eigenvalue weighted by atomic mass is 10.1. The second-order valence-corrected chi connectivity index (χ2v) is 5.69. The lowest BCUT2D eigenvalue weighted by Gasteiger charge is -2.10. The van der Waals surface area contributed by atoms with Gasteiger partial charge in [0.2, 0.25) is 0 Å². The van der Waals surface area contributed by atoms with Gasteiger partial charge in [0.15, 0.2) is 0 Å². The normalized spacial score (nSPS) is 16.8. The molecule has 0 N–H and O–H groups in total. The molecule has 0 bridgehead atoms. The summed E-state index contributed by atoms with van der Waals surface area (Å²) in [5.41, 5.74) is -0.472. The number of thioether (sulfide) groups is 1. The molecule has 128 valence electrons. The number of esters is 1. The molecule has 1 aromatic carbocycles. The van der Waals surface area contributed by atoms with Crippen molar-refractivity contribution in [3.05, 3.63) is 40.3 Å². The van der Waals surface area contributed by atoms with Crippen molar-refractivity contribution < 1.29 is 32.3 Å². The van der Waals surface area contributed by atoms with Gasteiger partial charge in [-0.25, -0.2) is 0 Å². The largest absolute Gasteiger partial charge is 0.465 e. The Morgan fingerprint density at radius 2 is 1.88 bits per heavy atom. The van der Waals surface area contributed by atoms with E-state index in [0.717, 1.165) is 17.0 Å². The van der Waals surface area contributed by atoms with Crippen LogP contribution in [0, 0.1) is 0 Å². The van der Waals surface area contributed by atoms with Crippen molar-refractivity contribution >= 4 is 35.0 Å². The van der Waals surface area contributed by atoms with Gasteiger partial charge >= 0.3 is 12.1 Å². The topological polar surface area (TPSA) is 63.7 Å². The molecule has 2 amide bonds. The summed E-state index contributed by atoms with van der Waals surface area (Å²) in [4.78, 5) is 36.0. The van der Waals surface area contributed by atoms with E-state index in [1.807, 2.05) is 0 Å². The van der Waals surface area contributed by atoms with Crippen LogP contribution in [0.4, 0.5) is 18.0 Å². The highest BCUT2D eigenvalue weighted by Crippen LogP contribution is 2.33. The SMILES string of the molecule is CCOC(=O)CN1C(=O)S/C(=C\c2ccc(C(F)(F)F)cc2)C1=O. The predicted octanol–water partition coefficient (Wildman–Crippen LogP) is 3.30. The third kappa shape index (κ3) is 4.16. The molecule has 1 aliphatic heterocycles. The maximum Gasteiger partial charge on any atom is 0.416 e. The zero-order valence-electron chi connectivity index (χ0n) is 12.4. The van der Waals surface area contributed by atoms with Crippen molar-refractivity contribution in [1.29, 1.82) is 0 Å². The molecule has 0 unspecified atom stereocenters. The van der Waals surface area contributed by atoms with E-state index >= 15 is 0 Å². The molecule has 1 aliphatic rings. The molecule has 0 aromatic heterocycles. The molecular formula is C15H12F3NO4S. The highest BCUT2D eigenvalue weighted by Gasteiger charge is 2.36. The Hall–Kier alpha value is -2.29. The van der Waals surface area contributed by atoms with E-state index in [1.165, 1.54) is 18.2 Å². The molecule has 0 spiro atoms. The highest BCUT2D eigenvalue weighted by molar-refractivity contribution is 8.18. The van der Waals surface area contributed by atoms with E-state index in [0.29, 0.717) is 17.3 Å². The Balaban J connectivity index is 2.15. The van der Waals surface area contributed by atoms with Crippen LogP contribution in [-0.4, -0.2) is 35.2 Å². The molecule has 24 heavy (non-hydrogen) atoms. The second kappa shape index (κ2) is 7.08.